The number of carbonyl (C=O) groups excluding carboxylic acids is 1. The van der Waals surface area contributed by atoms with Crippen molar-refractivity contribution in [2.45, 2.75) is 13.8 Å². The standard InChI is InChI=1S/C19H17IN4O/c1-12-11-13(2)22-19(21-12)24-17-6-4-3-5-16(17)18(25)23-15-9-7-14(20)8-10-15/h3-11H,1-2H3,(H,23,25)(H,21,22,24). The second-order valence-corrected chi connectivity index (χ2v) is 6.85. The van der Waals surface area contributed by atoms with Crippen molar-refractivity contribution in [3.8, 4) is 0 Å². The molecule has 3 rings (SSSR count). The van der Waals surface area contributed by atoms with Crippen LogP contribution in [0.25, 0.3) is 0 Å². The maximum absolute atomic E-state index is 12.7. The number of para-hydroxylation sites is 1. The molecule has 0 aliphatic heterocycles. The van der Waals surface area contributed by atoms with Gasteiger partial charge in [0, 0.05) is 20.6 Å². The molecule has 2 N–H and O–H groups in total. The first-order valence-electron chi connectivity index (χ1n) is 7.76. The highest BCUT2D eigenvalue weighted by atomic mass is 127. The Morgan fingerprint density at radius 1 is 0.960 bits per heavy atom. The van der Waals surface area contributed by atoms with Gasteiger partial charge in [-0.1, -0.05) is 12.1 Å². The van der Waals surface area contributed by atoms with Crippen molar-refractivity contribution in [2.24, 2.45) is 0 Å². The first-order chi connectivity index (χ1) is 12.0. The molecule has 0 bridgehead atoms. The number of hydrogen-bond donors (Lipinski definition) is 2. The first kappa shape index (κ1) is 17.3. The quantitative estimate of drug-likeness (QED) is 0.573. The molecule has 0 radical (unpaired) electrons. The fourth-order valence-corrected chi connectivity index (χ4v) is 2.78. The van der Waals surface area contributed by atoms with Gasteiger partial charge in [-0.05, 0) is 78.9 Å². The summed E-state index contributed by atoms with van der Waals surface area (Å²) in [6.07, 6.45) is 0. The third-order valence-electron chi connectivity index (χ3n) is 3.50. The zero-order valence-electron chi connectivity index (χ0n) is 13.9. The van der Waals surface area contributed by atoms with E-state index in [-0.39, 0.29) is 5.91 Å². The van der Waals surface area contributed by atoms with Gasteiger partial charge >= 0.3 is 0 Å². The molecular formula is C19H17IN4O. The number of amides is 1. The van der Waals surface area contributed by atoms with Crippen molar-refractivity contribution in [1.29, 1.82) is 0 Å². The molecular weight excluding hydrogens is 427 g/mol. The fraction of sp³-hybridized carbons (Fsp3) is 0.105. The number of hydrogen-bond acceptors (Lipinski definition) is 4. The lowest BCUT2D eigenvalue weighted by Crippen LogP contribution is -2.14. The number of rotatable bonds is 4. The molecule has 25 heavy (non-hydrogen) atoms. The number of aromatic nitrogens is 2. The molecule has 0 atom stereocenters. The van der Waals surface area contributed by atoms with Crippen LogP contribution in [0.4, 0.5) is 17.3 Å². The van der Waals surface area contributed by atoms with E-state index in [0.29, 0.717) is 17.2 Å². The summed E-state index contributed by atoms with van der Waals surface area (Å²) in [4.78, 5) is 21.4. The topological polar surface area (TPSA) is 66.9 Å². The van der Waals surface area contributed by atoms with Gasteiger partial charge in [-0.15, -0.1) is 0 Å². The predicted octanol–water partition coefficient (Wildman–Crippen LogP) is 4.69. The van der Waals surface area contributed by atoms with Crippen LogP contribution < -0.4 is 10.6 Å². The van der Waals surface area contributed by atoms with Crippen LogP contribution in [0, 0.1) is 17.4 Å². The third-order valence-corrected chi connectivity index (χ3v) is 4.22. The number of halogens is 1. The van der Waals surface area contributed by atoms with E-state index in [2.05, 4.69) is 43.2 Å². The zero-order chi connectivity index (χ0) is 17.8. The van der Waals surface area contributed by atoms with Gasteiger partial charge in [0.2, 0.25) is 5.95 Å². The lowest BCUT2D eigenvalue weighted by molar-refractivity contribution is 0.102. The molecule has 2 aromatic carbocycles. The Morgan fingerprint density at radius 2 is 1.60 bits per heavy atom. The third kappa shape index (κ3) is 4.54. The molecule has 1 amide bonds. The molecule has 0 spiro atoms. The summed E-state index contributed by atoms with van der Waals surface area (Å²) in [6.45, 7) is 3.82. The highest BCUT2D eigenvalue weighted by Gasteiger charge is 2.12. The second-order valence-electron chi connectivity index (χ2n) is 5.61. The molecule has 0 unspecified atom stereocenters. The van der Waals surface area contributed by atoms with Crippen molar-refractivity contribution in [2.75, 3.05) is 10.6 Å². The number of carbonyl (C=O) groups is 1. The maximum atomic E-state index is 12.7. The van der Waals surface area contributed by atoms with Crippen molar-refractivity contribution >= 4 is 45.8 Å². The number of anilines is 3. The average Bonchev–Trinajstić information content (AvgIpc) is 2.56. The van der Waals surface area contributed by atoms with E-state index in [0.717, 1.165) is 20.6 Å². The van der Waals surface area contributed by atoms with Gasteiger partial charge in [0.1, 0.15) is 0 Å². The molecule has 0 aliphatic carbocycles. The van der Waals surface area contributed by atoms with Crippen LogP contribution in [0.2, 0.25) is 0 Å². The number of nitrogens with zero attached hydrogens (tertiary/aromatic N) is 2. The minimum atomic E-state index is -0.186. The van der Waals surface area contributed by atoms with Gasteiger partial charge in [0.25, 0.3) is 5.91 Å². The molecule has 0 saturated heterocycles. The number of benzene rings is 2. The number of nitrogens with one attached hydrogen (secondary N) is 2. The van der Waals surface area contributed by atoms with E-state index in [9.17, 15) is 4.79 Å². The molecule has 1 aromatic heterocycles. The van der Waals surface area contributed by atoms with Crippen LogP contribution in [0.5, 0.6) is 0 Å². The minimum absolute atomic E-state index is 0.186. The zero-order valence-corrected chi connectivity index (χ0v) is 16.0. The monoisotopic (exact) mass is 444 g/mol. The smallest absolute Gasteiger partial charge is 0.257 e. The summed E-state index contributed by atoms with van der Waals surface area (Å²) in [7, 11) is 0. The summed E-state index contributed by atoms with van der Waals surface area (Å²) in [5.74, 6) is 0.292. The largest absolute Gasteiger partial charge is 0.323 e. The highest BCUT2D eigenvalue weighted by Crippen LogP contribution is 2.21. The first-order valence-corrected chi connectivity index (χ1v) is 8.84. The molecule has 126 valence electrons. The fourth-order valence-electron chi connectivity index (χ4n) is 2.42. The van der Waals surface area contributed by atoms with E-state index in [1.165, 1.54) is 0 Å². The molecule has 5 nitrogen and oxygen atoms in total. The Hall–Kier alpha value is -2.48. The van der Waals surface area contributed by atoms with Crippen LogP contribution in [0.3, 0.4) is 0 Å². The Balaban J connectivity index is 1.84. The molecule has 3 aromatic rings. The van der Waals surface area contributed by atoms with E-state index >= 15 is 0 Å². The van der Waals surface area contributed by atoms with Gasteiger partial charge in [0.15, 0.2) is 0 Å². The average molecular weight is 444 g/mol. The van der Waals surface area contributed by atoms with E-state index in [1.54, 1.807) is 6.07 Å². The summed E-state index contributed by atoms with van der Waals surface area (Å²) in [5, 5.41) is 6.06. The van der Waals surface area contributed by atoms with Gasteiger partial charge < -0.3 is 10.6 Å². The van der Waals surface area contributed by atoms with Gasteiger partial charge in [-0.2, -0.15) is 0 Å². The summed E-state index contributed by atoms with van der Waals surface area (Å²) >= 11 is 2.23. The molecule has 6 heteroatoms. The van der Waals surface area contributed by atoms with Crippen molar-refractivity contribution in [3.63, 3.8) is 0 Å². The van der Waals surface area contributed by atoms with Crippen LogP contribution in [0.1, 0.15) is 21.7 Å². The second kappa shape index (κ2) is 7.60. The summed E-state index contributed by atoms with van der Waals surface area (Å²) in [5.41, 5.74) is 3.69. The van der Waals surface area contributed by atoms with Crippen molar-refractivity contribution in [3.05, 3.63) is 75.1 Å². The summed E-state index contributed by atoms with van der Waals surface area (Å²) in [6, 6.07) is 16.9. The molecule has 1 heterocycles. The van der Waals surface area contributed by atoms with Crippen molar-refractivity contribution < 1.29 is 4.79 Å². The van der Waals surface area contributed by atoms with Crippen molar-refractivity contribution in [1.82, 2.24) is 9.97 Å². The van der Waals surface area contributed by atoms with Gasteiger partial charge in [-0.25, -0.2) is 9.97 Å². The Labute approximate surface area is 160 Å². The molecule has 0 aliphatic rings. The SMILES string of the molecule is Cc1cc(C)nc(Nc2ccccc2C(=O)Nc2ccc(I)cc2)n1. The van der Waals surface area contributed by atoms with Gasteiger partial charge in [-0.3, -0.25) is 4.79 Å². The lowest BCUT2D eigenvalue weighted by Gasteiger charge is -2.12. The number of aryl methyl sites for hydroxylation is 2. The summed E-state index contributed by atoms with van der Waals surface area (Å²) < 4.78 is 1.12. The van der Waals surface area contributed by atoms with Crippen LogP contribution >= 0.6 is 22.6 Å². The maximum Gasteiger partial charge on any atom is 0.257 e. The minimum Gasteiger partial charge on any atom is -0.323 e. The van der Waals surface area contributed by atoms with Crippen LogP contribution in [-0.2, 0) is 0 Å². The van der Waals surface area contributed by atoms with E-state index < -0.39 is 0 Å². The van der Waals surface area contributed by atoms with Gasteiger partial charge in [0.05, 0.1) is 11.3 Å². The van der Waals surface area contributed by atoms with Crippen LogP contribution in [0.15, 0.2) is 54.6 Å². The molecule has 0 saturated carbocycles. The Morgan fingerprint density at radius 3 is 2.28 bits per heavy atom. The highest BCUT2D eigenvalue weighted by molar-refractivity contribution is 14.1. The molecule has 0 fully saturated rings. The lowest BCUT2D eigenvalue weighted by atomic mass is 10.1. The normalized spacial score (nSPS) is 10.4. The van der Waals surface area contributed by atoms with E-state index in [4.69, 9.17) is 0 Å². The Kier molecular flexibility index (Phi) is 5.28. The Bertz CT molecular complexity index is 889. The predicted molar refractivity (Wildman–Crippen MR) is 108 cm³/mol. The van der Waals surface area contributed by atoms with Crippen LogP contribution in [-0.4, -0.2) is 15.9 Å². The van der Waals surface area contributed by atoms with E-state index in [1.807, 2.05) is 62.4 Å².